The molecular formula is C80H131O6P. The predicted molar refractivity (Wildman–Crippen MR) is 378 cm³/mol. The molecule has 0 atom stereocenters. The van der Waals surface area contributed by atoms with Gasteiger partial charge in [0.05, 0.1) is 6.61 Å². The van der Waals surface area contributed by atoms with Crippen LogP contribution >= 0.6 is 8.60 Å². The van der Waals surface area contributed by atoms with Crippen LogP contribution in [0.4, 0.5) is 0 Å². The van der Waals surface area contributed by atoms with E-state index in [4.69, 9.17) is 18.3 Å². The molecule has 4 aromatic rings. The van der Waals surface area contributed by atoms with Crippen LogP contribution in [-0.4, -0.2) is 17.7 Å². The van der Waals surface area contributed by atoms with Gasteiger partial charge in [0.1, 0.15) is 23.0 Å². The van der Waals surface area contributed by atoms with E-state index in [0.29, 0.717) is 25.2 Å². The summed E-state index contributed by atoms with van der Waals surface area (Å²) in [6.07, 6.45) is 52.8. The van der Waals surface area contributed by atoms with Crippen LogP contribution in [0.5, 0.6) is 23.0 Å². The van der Waals surface area contributed by atoms with Gasteiger partial charge in [0.2, 0.25) is 0 Å². The van der Waals surface area contributed by atoms with Gasteiger partial charge in [-0.2, -0.15) is 0 Å². The van der Waals surface area contributed by atoms with Crippen LogP contribution in [0.25, 0.3) is 0 Å². The average molecular weight is 1220 g/mol. The summed E-state index contributed by atoms with van der Waals surface area (Å²) in [7, 11) is -1.72. The fourth-order valence-electron chi connectivity index (χ4n) is 11.6. The normalized spacial score (nSPS) is 11.7. The molecule has 492 valence electrons. The molecule has 1 N–H and O–H groups in total. The predicted octanol–water partition coefficient (Wildman–Crippen LogP) is 26.1. The summed E-state index contributed by atoms with van der Waals surface area (Å²) in [5.41, 5.74) is 6.39. The quantitative estimate of drug-likeness (QED) is 0.0270. The van der Waals surface area contributed by atoms with Gasteiger partial charge < -0.3 is 23.4 Å². The third-order valence-electron chi connectivity index (χ3n) is 17.2. The molecule has 0 saturated heterocycles. The maximum Gasteiger partial charge on any atom is 0.530 e. The van der Waals surface area contributed by atoms with Gasteiger partial charge in [-0.25, -0.2) is 0 Å². The minimum Gasteiger partial charge on any atom is -0.507 e. The molecule has 6 nitrogen and oxygen atoms in total. The van der Waals surface area contributed by atoms with Gasteiger partial charge in [0.25, 0.3) is 0 Å². The first-order valence-electron chi connectivity index (χ1n) is 36.3. The maximum atomic E-state index is 12.3. The number of hydrogen-bond donors (Lipinski definition) is 1. The summed E-state index contributed by atoms with van der Waals surface area (Å²) in [5, 5.41) is 10.9. The van der Waals surface area contributed by atoms with Crippen molar-refractivity contribution in [3.8, 4) is 23.0 Å². The Morgan fingerprint density at radius 1 is 0.368 bits per heavy atom. The molecule has 0 fully saturated rings. The SMILES string of the molecule is CCCCCCCCCCCCCCCCCCOC(=O)CCc1cc(C(C)(C)C)c(O)c(C(C)(C)C)c1.CCCCCCCCCc1ccccc1OP(Oc1ccccc1CCCCCCCCC)Oc1ccccc1CCCCCCCCC. The molecule has 7 heteroatoms. The van der Waals surface area contributed by atoms with Crippen LogP contribution in [0, 0.1) is 0 Å². The zero-order chi connectivity index (χ0) is 63.1. The second-order valence-corrected chi connectivity index (χ2v) is 28.5. The summed E-state index contributed by atoms with van der Waals surface area (Å²) in [5.74, 6) is 2.92. The summed E-state index contributed by atoms with van der Waals surface area (Å²) < 4.78 is 25.8. The van der Waals surface area contributed by atoms with Crippen LogP contribution < -0.4 is 13.6 Å². The Labute approximate surface area is 537 Å². The second kappa shape index (κ2) is 48.8. The van der Waals surface area contributed by atoms with E-state index in [1.165, 1.54) is 241 Å². The largest absolute Gasteiger partial charge is 0.530 e. The molecule has 0 spiro atoms. The first kappa shape index (κ1) is 77.2. The van der Waals surface area contributed by atoms with Crippen LogP contribution in [-0.2, 0) is 46.0 Å². The third kappa shape index (κ3) is 36.4. The van der Waals surface area contributed by atoms with Gasteiger partial charge in [0, 0.05) is 6.42 Å². The fourth-order valence-corrected chi connectivity index (χ4v) is 12.8. The number of carbonyl (C=O) groups excluding carboxylic acids is 1. The molecule has 0 aliphatic heterocycles. The minimum atomic E-state index is -1.72. The van der Waals surface area contributed by atoms with Crippen LogP contribution in [0.3, 0.4) is 0 Å². The number of rotatable bonds is 50. The molecule has 0 aromatic heterocycles. The molecule has 0 heterocycles. The molecule has 0 aliphatic rings. The lowest BCUT2D eigenvalue weighted by molar-refractivity contribution is -0.143. The number of unbranched alkanes of at least 4 members (excludes halogenated alkanes) is 33. The number of carbonyl (C=O) groups is 1. The van der Waals surface area contributed by atoms with Gasteiger partial charge in [-0.1, -0.05) is 348 Å². The summed E-state index contributed by atoms with van der Waals surface area (Å²) in [4.78, 5) is 12.3. The van der Waals surface area contributed by atoms with E-state index >= 15 is 0 Å². The van der Waals surface area contributed by atoms with E-state index in [0.717, 1.165) is 66.0 Å². The van der Waals surface area contributed by atoms with Crippen molar-refractivity contribution in [1.29, 1.82) is 0 Å². The number of phenols is 1. The number of esters is 1. The molecule has 0 radical (unpaired) electrons. The number of aromatic hydroxyl groups is 1. The Bertz CT molecular complexity index is 2120. The lowest BCUT2D eigenvalue weighted by atomic mass is 9.78. The van der Waals surface area contributed by atoms with E-state index in [-0.39, 0.29) is 16.8 Å². The van der Waals surface area contributed by atoms with E-state index < -0.39 is 8.60 Å². The van der Waals surface area contributed by atoms with Crippen molar-refractivity contribution in [3.05, 3.63) is 118 Å². The van der Waals surface area contributed by atoms with Gasteiger partial charge in [0.15, 0.2) is 0 Å². The number of phenolic OH excluding ortho intramolecular Hbond substituents is 1. The Morgan fingerprint density at radius 2 is 0.632 bits per heavy atom. The van der Waals surface area contributed by atoms with Crippen molar-refractivity contribution in [2.75, 3.05) is 6.61 Å². The Kier molecular flexibility index (Phi) is 43.3. The second-order valence-electron chi connectivity index (χ2n) is 27.5. The molecule has 0 aliphatic carbocycles. The topological polar surface area (TPSA) is 74.2 Å². The zero-order valence-corrected chi connectivity index (χ0v) is 58.8. The third-order valence-corrected chi connectivity index (χ3v) is 18.3. The highest BCUT2D eigenvalue weighted by atomic mass is 31.2. The molecule has 0 unspecified atom stereocenters. The van der Waals surface area contributed by atoms with Gasteiger partial charge in [-0.05, 0) is 114 Å². The Balaban J connectivity index is 0.000000471. The highest BCUT2D eigenvalue weighted by Gasteiger charge is 2.27. The molecule has 4 rings (SSSR count). The monoisotopic (exact) mass is 1220 g/mol. The zero-order valence-electron chi connectivity index (χ0n) is 57.9. The molecule has 4 aromatic carbocycles. The van der Waals surface area contributed by atoms with Crippen molar-refractivity contribution in [2.24, 2.45) is 0 Å². The number of hydrogen-bond acceptors (Lipinski definition) is 6. The highest BCUT2D eigenvalue weighted by molar-refractivity contribution is 7.43. The Hall–Kier alpha value is -4.02. The average Bonchev–Trinajstić information content (AvgIpc) is 1.04. The van der Waals surface area contributed by atoms with Crippen LogP contribution in [0.2, 0.25) is 0 Å². The van der Waals surface area contributed by atoms with E-state index in [1.54, 1.807) is 0 Å². The molecule has 0 saturated carbocycles. The van der Waals surface area contributed by atoms with E-state index in [1.807, 2.05) is 0 Å². The molecule has 0 bridgehead atoms. The van der Waals surface area contributed by atoms with Crippen molar-refractivity contribution >= 4 is 14.6 Å². The van der Waals surface area contributed by atoms with Gasteiger partial charge in [-0.15, -0.1) is 0 Å². The lowest BCUT2D eigenvalue weighted by Crippen LogP contribution is -2.18. The first-order chi connectivity index (χ1) is 42.2. The van der Waals surface area contributed by atoms with Crippen molar-refractivity contribution < 1.29 is 28.2 Å². The standard InChI is InChI=1S/C45H69O3P.C35H62O3/c1-4-7-10-13-16-19-22-31-40-34-25-28-37-43(40)46-49(47-44-38-29-26-35-41(44)32-23-20-17-14-11-8-5-2)48-45-39-30-27-36-42(45)33-24-21-18-15-12-9-6-3;1-8-9-10-11-12-13-14-15-16-17-18-19-20-21-22-23-26-38-32(36)25-24-29-27-30(34(2,3)4)33(37)31(28-29)35(5,6)7/h25-30,34-39H,4-24,31-33H2,1-3H3;27-28,37H,8-26H2,1-7H3. The van der Waals surface area contributed by atoms with Crippen molar-refractivity contribution in [2.45, 2.75) is 350 Å². The minimum absolute atomic E-state index is 0.117. The molecular weight excluding hydrogens is 1090 g/mol. The Morgan fingerprint density at radius 3 is 0.920 bits per heavy atom. The van der Waals surface area contributed by atoms with Gasteiger partial charge in [-0.3, -0.25) is 4.79 Å². The highest BCUT2D eigenvalue weighted by Crippen LogP contribution is 2.46. The van der Waals surface area contributed by atoms with E-state index in [2.05, 4.69) is 154 Å². The maximum absolute atomic E-state index is 12.3. The smallest absolute Gasteiger partial charge is 0.507 e. The summed E-state index contributed by atoms with van der Waals surface area (Å²) >= 11 is 0. The van der Waals surface area contributed by atoms with Crippen LogP contribution in [0.1, 0.15) is 347 Å². The number of ether oxygens (including phenoxy) is 1. The summed E-state index contributed by atoms with van der Waals surface area (Å²) in [6, 6.07) is 29.6. The van der Waals surface area contributed by atoms with Crippen molar-refractivity contribution in [3.63, 3.8) is 0 Å². The van der Waals surface area contributed by atoms with E-state index in [9.17, 15) is 9.90 Å². The number of aryl methyl sites for hydroxylation is 4. The molecule has 0 amide bonds. The lowest BCUT2D eigenvalue weighted by Gasteiger charge is -2.28. The van der Waals surface area contributed by atoms with Crippen LogP contribution in [0.15, 0.2) is 84.9 Å². The number of para-hydroxylation sites is 3. The first-order valence-corrected chi connectivity index (χ1v) is 37.4. The molecule has 87 heavy (non-hydrogen) atoms. The van der Waals surface area contributed by atoms with Crippen molar-refractivity contribution in [1.82, 2.24) is 0 Å². The fraction of sp³-hybridized carbons (Fsp3) is 0.688. The van der Waals surface area contributed by atoms with Gasteiger partial charge >= 0.3 is 14.6 Å². The summed E-state index contributed by atoms with van der Waals surface area (Å²) in [6.45, 7) is 22.4. The number of benzene rings is 4.